The summed E-state index contributed by atoms with van der Waals surface area (Å²) in [5.74, 6) is -0.198. The molecule has 1 nitrogen and oxygen atoms in total. The zero-order chi connectivity index (χ0) is 13.1. The molecule has 0 spiro atoms. The lowest BCUT2D eigenvalue weighted by molar-refractivity contribution is 0.562. The Morgan fingerprint density at radius 3 is 2.67 bits per heavy atom. The molecule has 2 aromatic rings. The van der Waals surface area contributed by atoms with E-state index in [-0.39, 0.29) is 11.9 Å². The molecule has 5 heteroatoms. The van der Waals surface area contributed by atoms with Gasteiger partial charge >= 0.3 is 0 Å². The van der Waals surface area contributed by atoms with Gasteiger partial charge < -0.3 is 5.32 Å². The largest absolute Gasteiger partial charge is 0.306 e. The lowest BCUT2D eigenvalue weighted by atomic mass is 10.0. The van der Waals surface area contributed by atoms with Gasteiger partial charge in [-0.15, -0.1) is 11.3 Å². The van der Waals surface area contributed by atoms with Crippen molar-refractivity contribution in [2.75, 3.05) is 6.54 Å². The van der Waals surface area contributed by atoms with Crippen molar-refractivity contribution in [3.63, 3.8) is 0 Å². The van der Waals surface area contributed by atoms with E-state index in [4.69, 9.17) is 0 Å². The predicted octanol–water partition coefficient (Wildman–Crippen LogP) is 5.11. The fourth-order valence-electron chi connectivity index (χ4n) is 1.80. The van der Waals surface area contributed by atoms with E-state index in [0.29, 0.717) is 5.56 Å². The molecule has 0 radical (unpaired) electrons. The summed E-state index contributed by atoms with van der Waals surface area (Å²) in [5.41, 5.74) is 0.670. The highest BCUT2D eigenvalue weighted by Gasteiger charge is 2.20. The number of halogens is 3. The zero-order valence-corrected chi connectivity index (χ0v) is 13.7. The van der Waals surface area contributed by atoms with Crippen LogP contribution in [0.5, 0.6) is 0 Å². The third-order valence-electron chi connectivity index (χ3n) is 2.59. The van der Waals surface area contributed by atoms with Gasteiger partial charge in [0.1, 0.15) is 5.82 Å². The standard InChI is InChI=1S/C13H12Br2FNS/c1-2-17-12(13-10(15)5-6-18-13)9-4-3-8(14)7-11(9)16/h3-7,12,17H,2H2,1H3. The van der Waals surface area contributed by atoms with Crippen LogP contribution in [0.1, 0.15) is 23.4 Å². The fraction of sp³-hybridized carbons (Fsp3) is 0.231. The highest BCUT2D eigenvalue weighted by molar-refractivity contribution is 9.10. The summed E-state index contributed by atoms with van der Waals surface area (Å²) < 4.78 is 15.8. The smallest absolute Gasteiger partial charge is 0.129 e. The molecule has 18 heavy (non-hydrogen) atoms. The van der Waals surface area contributed by atoms with Crippen LogP contribution >= 0.6 is 43.2 Å². The van der Waals surface area contributed by atoms with Crippen molar-refractivity contribution in [3.8, 4) is 0 Å². The van der Waals surface area contributed by atoms with E-state index in [2.05, 4.69) is 37.2 Å². The molecule has 1 heterocycles. The summed E-state index contributed by atoms with van der Waals surface area (Å²) in [4.78, 5) is 1.10. The highest BCUT2D eigenvalue weighted by atomic mass is 79.9. The summed E-state index contributed by atoms with van der Waals surface area (Å²) in [6, 6.07) is 7.06. The summed E-state index contributed by atoms with van der Waals surface area (Å²) >= 11 is 8.41. The van der Waals surface area contributed by atoms with E-state index >= 15 is 0 Å². The van der Waals surface area contributed by atoms with Crippen LogP contribution in [0, 0.1) is 5.82 Å². The quantitative estimate of drug-likeness (QED) is 0.762. The molecule has 2 rings (SSSR count). The minimum Gasteiger partial charge on any atom is -0.306 e. The normalized spacial score (nSPS) is 12.7. The average molecular weight is 393 g/mol. The molecule has 0 aliphatic heterocycles. The monoisotopic (exact) mass is 391 g/mol. The van der Waals surface area contributed by atoms with Crippen LogP contribution in [-0.2, 0) is 0 Å². The van der Waals surface area contributed by atoms with Crippen molar-refractivity contribution in [1.29, 1.82) is 0 Å². The van der Waals surface area contributed by atoms with Gasteiger partial charge in [0.25, 0.3) is 0 Å². The lowest BCUT2D eigenvalue weighted by Crippen LogP contribution is -2.22. The minimum atomic E-state index is -0.198. The van der Waals surface area contributed by atoms with Crippen LogP contribution in [0.4, 0.5) is 4.39 Å². The first kappa shape index (κ1) is 14.2. The van der Waals surface area contributed by atoms with E-state index in [1.807, 2.05) is 30.5 Å². The van der Waals surface area contributed by atoms with E-state index in [1.54, 1.807) is 11.3 Å². The maximum atomic E-state index is 14.1. The van der Waals surface area contributed by atoms with Gasteiger partial charge in [0.15, 0.2) is 0 Å². The molecule has 0 aliphatic carbocycles. The van der Waals surface area contributed by atoms with Crippen molar-refractivity contribution in [1.82, 2.24) is 5.32 Å². The molecule has 1 atom stereocenters. The molecule has 0 saturated heterocycles. The summed E-state index contributed by atoms with van der Waals surface area (Å²) in [5, 5.41) is 5.33. The number of thiophene rings is 1. The summed E-state index contributed by atoms with van der Waals surface area (Å²) in [6.07, 6.45) is 0. The van der Waals surface area contributed by atoms with Gasteiger partial charge in [-0.3, -0.25) is 0 Å². The molecule has 1 aromatic heterocycles. The van der Waals surface area contributed by atoms with Gasteiger partial charge in [0.05, 0.1) is 6.04 Å². The van der Waals surface area contributed by atoms with Crippen LogP contribution in [0.2, 0.25) is 0 Å². The molecule has 0 aliphatic rings. The zero-order valence-electron chi connectivity index (χ0n) is 9.71. The molecule has 0 amide bonds. The number of rotatable bonds is 4. The first-order chi connectivity index (χ1) is 8.63. The first-order valence-electron chi connectivity index (χ1n) is 5.54. The SMILES string of the molecule is CCNC(c1ccc(Br)cc1F)c1sccc1Br. The summed E-state index contributed by atoms with van der Waals surface area (Å²) in [7, 11) is 0. The van der Waals surface area contributed by atoms with E-state index < -0.39 is 0 Å². The second-order valence-electron chi connectivity index (χ2n) is 3.79. The van der Waals surface area contributed by atoms with Crippen molar-refractivity contribution >= 4 is 43.2 Å². The maximum absolute atomic E-state index is 14.1. The molecular weight excluding hydrogens is 381 g/mol. The fourth-order valence-corrected chi connectivity index (χ4v) is 3.82. The molecule has 0 fully saturated rings. The van der Waals surface area contributed by atoms with E-state index in [1.165, 1.54) is 6.07 Å². The molecule has 0 saturated carbocycles. The minimum absolute atomic E-state index is 0.113. The Morgan fingerprint density at radius 2 is 2.11 bits per heavy atom. The molecule has 96 valence electrons. The van der Waals surface area contributed by atoms with Gasteiger partial charge in [0, 0.05) is 19.4 Å². The van der Waals surface area contributed by atoms with Crippen molar-refractivity contribution in [2.45, 2.75) is 13.0 Å². The number of nitrogens with one attached hydrogen (secondary N) is 1. The van der Waals surface area contributed by atoms with Crippen LogP contribution < -0.4 is 5.32 Å². The van der Waals surface area contributed by atoms with Gasteiger partial charge in [-0.05, 0) is 46.1 Å². The van der Waals surface area contributed by atoms with Gasteiger partial charge in [-0.2, -0.15) is 0 Å². The molecule has 1 unspecified atom stereocenters. The van der Waals surface area contributed by atoms with E-state index in [9.17, 15) is 4.39 Å². The molecule has 0 bridgehead atoms. The highest BCUT2D eigenvalue weighted by Crippen LogP contribution is 2.34. The first-order valence-corrected chi connectivity index (χ1v) is 8.01. The average Bonchev–Trinajstić information content (AvgIpc) is 2.73. The number of hydrogen-bond acceptors (Lipinski definition) is 2. The number of hydrogen-bond donors (Lipinski definition) is 1. The Balaban J connectivity index is 2.45. The molecular formula is C13H12Br2FNS. The Labute approximate surface area is 127 Å². The van der Waals surface area contributed by atoms with Crippen molar-refractivity contribution in [2.24, 2.45) is 0 Å². The Hall–Kier alpha value is -0.230. The predicted molar refractivity (Wildman–Crippen MR) is 81.6 cm³/mol. The van der Waals surface area contributed by atoms with Crippen molar-refractivity contribution < 1.29 is 4.39 Å². The molecule has 1 aromatic carbocycles. The van der Waals surface area contributed by atoms with Crippen LogP contribution in [0.25, 0.3) is 0 Å². The number of benzene rings is 1. The van der Waals surface area contributed by atoms with E-state index in [0.717, 1.165) is 20.4 Å². The third-order valence-corrected chi connectivity index (χ3v) is 5.02. The maximum Gasteiger partial charge on any atom is 0.129 e. The third kappa shape index (κ3) is 3.02. The van der Waals surface area contributed by atoms with Crippen LogP contribution in [0.15, 0.2) is 38.6 Å². The van der Waals surface area contributed by atoms with Gasteiger partial charge in [-0.1, -0.05) is 28.9 Å². The van der Waals surface area contributed by atoms with Crippen molar-refractivity contribution in [3.05, 3.63) is 54.8 Å². The van der Waals surface area contributed by atoms with Crippen LogP contribution in [-0.4, -0.2) is 6.54 Å². The Morgan fingerprint density at radius 1 is 1.33 bits per heavy atom. The topological polar surface area (TPSA) is 12.0 Å². The second kappa shape index (κ2) is 6.28. The lowest BCUT2D eigenvalue weighted by Gasteiger charge is -2.18. The molecule has 1 N–H and O–H groups in total. The Bertz CT molecular complexity index is 542. The van der Waals surface area contributed by atoms with Crippen LogP contribution in [0.3, 0.4) is 0 Å². The second-order valence-corrected chi connectivity index (χ2v) is 6.51. The van der Waals surface area contributed by atoms with Gasteiger partial charge in [-0.25, -0.2) is 4.39 Å². The van der Waals surface area contributed by atoms with Gasteiger partial charge in [0.2, 0.25) is 0 Å². The Kier molecular flexibility index (Phi) is 4.95. The summed E-state index contributed by atoms with van der Waals surface area (Å²) in [6.45, 7) is 2.80.